The summed E-state index contributed by atoms with van der Waals surface area (Å²) in [6, 6.07) is 7.82. The summed E-state index contributed by atoms with van der Waals surface area (Å²) < 4.78 is 0. The van der Waals surface area contributed by atoms with Gasteiger partial charge in [0.2, 0.25) is 5.91 Å². The molecule has 0 heterocycles. The highest BCUT2D eigenvalue weighted by Gasteiger charge is 2.02. The van der Waals surface area contributed by atoms with E-state index in [2.05, 4.69) is 10.6 Å². The highest BCUT2D eigenvalue weighted by Crippen LogP contribution is 2.15. The number of nitrogens with zero attached hydrogens (tertiary/aromatic N) is 1. The molecule has 1 aromatic carbocycles. The van der Waals surface area contributed by atoms with Crippen molar-refractivity contribution >= 4 is 17.3 Å². The zero-order valence-corrected chi connectivity index (χ0v) is 10.8. The summed E-state index contributed by atoms with van der Waals surface area (Å²) in [5.41, 5.74) is 1.98. The van der Waals surface area contributed by atoms with Crippen LogP contribution in [0.1, 0.15) is 12.8 Å². The number of hydrogen-bond acceptors (Lipinski definition) is 3. The van der Waals surface area contributed by atoms with Crippen molar-refractivity contribution < 1.29 is 4.79 Å². The monoisotopic (exact) mass is 235 g/mol. The van der Waals surface area contributed by atoms with E-state index in [1.54, 1.807) is 0 Å². The molecule has 1 rings (SSSR count). The summed E-state index contributed by atoms with van der Waals surface area (Å²) in [6.45, 7) is 0.868. The van der Waals surface area contributed by atoms with Crippen molar-refractivity contribution in [3.05, 3.63) is 24.3 Å². The predicted octanol–water partition coefficient (Wildman–Crippen LogP) is 1.69. The number of anilines is 2. The summed E-state index contributed by atoms with van der Waals surface area (Å²) in [4.78, 5) is 13.6. The van der Waals surface area contributed by atoms with E-state index in [0.717, 1.165) is 24.3 Å². The minimum Gasteiger partial charge on any atom is -0.378 e. The molecule has 0 radical (unpaired) electrons. The molecular weight excluding hydrogens is 214 g/mol. The van der Waals surface area contributed by atoms with E-state index in [1.165, 1.54) is 0 Å². The average Bonchev–Trinajstić information content (AvgIpc) is 2.30. The maximum atomic E-state index is 11.6. The van der Waals surface area contributed by atoms with Crippen molar-refractivity contribution in [2.24, 2.45) is 0 Å². The molecule has 4 nitrogen and oxygen atoms in total. The first-order chi connectivity index (χ1) is 8.13. The van der Waals surface area contributed by atoms with Gasteiger partial charge in [0, 0.05) is 31.9 Å². The Bertz CT molecular complexity index is 346. The van der Waals surface area contributed by atoms with Gasteiger partial charge < -0.3 is 15.5 Å². The Morgan fingerprint density at radius 2 is 1.88 bits per heavy atom. The first kappa shape index (κ1) is 13.5. The molecule has 0 fully saturated rings. The largest absolute Gasteiger partial charge is 0.378 e. The van der Waals surface area contributed by atoms with Crippen LogP contribution in [0.2, 0.25) is 0 Å². The topological polar surface area (TPSA) is 44.4 Å². The normalized spacial score (nSPS) is 10.1. The summed E-state index contributed by atoms with van der Waals surface area (Å²) >= 11 is 0. The van der Waals surface area contributed by atoms with Gasteiger partial charge in [-0.1, -0.05) is 0 Å². The molecule has 0 saturated carbocycles. The predicted molar refractivity (Wildman–Crippen MR) is 72.6 cm³/mol. The van der Waals surface area contributed by atoms with Gasteiger partial charge in [-0.15, -0.1) is 0 Å². The van der Waals surface area contributed by atoms with Gasteiger partial charge in [0.15, 0.2) is 0 Å². The Morgan fingerprint density at radius 3 is 2.41 bits per heavy atom. The van der Waals surface area contributed by atoms with E-state index in [9.17, 15) is 4.79 Å². The van der Waals surface area contributed by atoms with Crippen LogP contribution in [0.15, 0.2) is 24.3 Å². The second-order valence-electron chi connectivity index (χ2n) is 4.20. The molecule has 0 saturated heterocycles. The fourth-order valence-corrected chi connectivity index (χ4v) is 1.49. The lowest BCUT2D eigenvalue weighted by atomic mass is 10.2. The van der Waals surface area contributed by atoms with Crippen LogP contribution in [-0.4, -0.2) is 33.6 Å². The second-order valence-corrected chi connectivity index (χ2v) is 4.20. The number of carbonyl (C=O) groups is 1. The highest BCUT2D eigenvalue weighted by atomic mass is 16.1. The maximum Gasteiger partial charge on any atom is 0.224 e. The third-order valence-electron chi connectivity index (χ3n) is 2.50. The van der Waals surface area contributed by atoms with E-state index in [-0.39, 0.29) is 5.91 Å². The molecule has 0 atom stereocenters. The second kappa shape index (κ2) is 6.91. The van der Waals surface area contributed by atoms with Gasteiger partial charge in [-0.3, -0.25) is 4.79 Å². The molecule has 4 heteroatoms. The van der Waals surface area contributed by atoms with Crippen LogP contribution in [0.25, 0.3) is 0 Å². The molecule has 0 unspecified atom stereocenters. The Hall–Kier alpha value is -1.55. The van der Waals surface area contributed by atoms with Gasteiger partial charge in [-0.2, -0.15) is 0 Å². The Labute approximate surface area is 103 Å². The van der Waals surface area contributed by atoms with E-state index >= 15 is 0 Å². The van der Waals surface area contributed by atoms with Crippen molar-refractivity contribution in [1.82, 2.24) is 5.32 Å². The van der Waals surface area contributed by atoms with Crippen LogP contribution < -0.4 is 15.5 Å². The lowest BCUT2D eigenvalue weighted by molar-refractivity contribution is -0.116. The Balaban J connectivity index is 2.43. The molecule has 2 N–H and O–H groups in total. The smallest absolute Gasteiger partial charge is 0.224 e. The number of nitrogens with one attached hydrogen (secondary N) is 2. The third kappa shape index (κ3) is 4.87. The van der Waals surface area contributed by atoms with Gasteiger partial charge in [-0.05, 0) is 44.3 Å². The summed E-state index contributed by atoms with van der Waals surface area (Å²) in [6.07, 6.45) is 1.41. The van der Waals surface area contributed by atoms with E-state index in [1.807, 2.05) is 50.3 Å². The highest BCUT2D eigenvalue weighted by molar-refractivity contribution is 5.90. The van der Waals surface area contributed by atoms with Crippen LogP contribution in [-0.2, 0) is 4.79 Å². The molecule has 0 aliphatic carbocycles. The van der Waals surface area contributed by atoms with Crippen molar-refractivity contribution in [1.29, 1.82) is 0 Å². The van der Waals surface area contributed by atoms with Crippen LogP contribution in [0.5, 0.6) is 0 Å². The zero-order chi connectivity index (χ0) is 12.7. The molecule has 94 valence electrons. The lowest BCUT2D eigenvalue weighted by Crippen LogP contribution is -2.15. The summed E-state index contributed by atoms with van der Waals surface area (Å²) in [5, 5.41) is 5.90. The fourth-order valence-electron chi connectivity index (χ4n) is 1.49. The third-order valence-corrected chi connectivity index (χ3v) is 2.50. The number of rotatable bonds is 6. The molecule has 17 heavy (non-hydrogen) atoms. The van der Waals surface area contributed by atoms with Gasteiger partial charge >= 0.3 is 0 Å². The fraction of sp³-hybridized carbons (Fsp3) is 0.462. The Kier molecular flexibility index (Phi) is 5.49. The first-order valence-corrected chi connectivity index (χ1v) is 5.85. The minimum atomic E-state index is 0.0675. The molecular formula is C13H21N3O. The van der Waals surface area contributed by atoms with Crippen LogP contribution >= 0.6 is 0 Å². The van der Waals surface area contributed by atoms with Gasteiger partial charge in [0.25, 0.3) is 0 Å². The summed E-state index contributed by atoms with van der Waals surface area (Å²) in [5.74, 6) is 0.0675. The molecule has 0 bridgehead atoms. The SMILES string of the molecule is CNCCCC(=O)Nc1ccc(N(C)C)cc1. The standard InChI is InChI=1S/C13H21N3O/c1-14-10-4-5-13(17)15-11-6-8-12(9-7-11)16(2)3/h6-9,14H,4-5,10H2,1-3H3,(H,15,17). The van der Waals surface area contributed by atoms with Crippen LogP contribution in [0.4, 0.5) is 11.4 Å². The number of carbonyl (C=O) groups excluding carboxylic acids is 1. The van der Waals surface area contributed by atoms with Crippen molar-refractivity contribution in [3.8, 4) is 0 Å². The number of amides is 1. The van der Waals surface area contributed by atoms with E-state index in [0.29, 0.717) is 6.42 Å². The van der Waals surface area contributed by atoms with Crippen molar-refractivity contribution in [2.45, 2.75) is 12.8 Å². The maximum absolute atomic E-state index is 11.6. The van der Waals surface area contributed by atoms with Crippen LogP contribution in [0, 0.1) is 0 Å². The quantitative estimate of drug-likeness (QED) is 0.738. The molecule has 1 amide bonds. The van der Waals surface area contributed by atoms with Gasteiger partial charge in [-0.25, -0.2) is 0 Å². The average molecular weight is 235 g/mol. The van der Waals surface area contributed by atoms with Gasteiger partial charge in [0.05, 0.1) is 0 Å². The Morgan fingerprint density at radius 1 is 1.24 bits per heavy atom. The first-order valence-electron chi connectivity index (χ1n) is 5.85. The molecule has 0 aliphatic rings. The molecule has 0 spiro atoms. The van der Waals surface area contributed by atoms with E-state index < -0.39 is 0 Å². The van der Waals surface area contributed by atoms with E-state index in [4.69, 9.17) is 0 Å². The van der Waals surface area contributed by atoms with Crippen molar-refractivity contribution in [3.63, 3.8) is 0 Å². The molecule has 0 aromatic heterocycles. The molecule has 0 aliphatic heterocycles. The minimum absolute atomic E-state index is 0.0675. The number of hydrogen-bond donors (Lipinski definition) is 2. The summed E-state index contributed by atoms with van der Waals surface area (Å²) in [7, 11) is 5.87. The van der Waals surface area contributed by atoms with Crippen LogP contribution in [0.3, 0.4) is 0 Å². The van der Waals surface area contributed by atoms with Gasteiger partial charge in [0.1, 0.15) is 0 Å². The van der Waals surface area contributed by atoms with Crippen molar-refractivity contribution in [2.75, 3.05) is 37.9 Å². The molecule has 1 aromatic rings. The zero-order valence-electron chi connectivity index (χ0n) is 10.8. The lowest BCUT2D eigenvalue weighted by Gasteiger charge is -2.13. The number of benzene rings is 1.